The number of benzene rings is 2. The molecule has 0 bridgehead atoms. The molecule has 0 aliphatic heterocycles. The lowest BCUT2D eigenvalue weighted by atomic mass is 10.2. The van der Waals surface area contributed by atoms with E-state index < -0.39 is 5.82 Å². The van der Waals surface area contributed by atoms with Crippen molar-refractivity contribution in [3.05, 3.63) is 69.7 Å². The first-order valence-corrected chi connectivity index (χ1v) is 7.62. The molecule has 3 aromatic rings. The standard InChI is InChI=1S/C17H13ClFN3O2/c18-13-9-11(5-6-14(13)19)21-17(24)7-8-22-15-4-2-1-3-12(15)16(23)10-20-22/h1-6,9-10H,7-8H2,(H,21,24). The molecular weight excluding hydrogens is 333 g/mol. The lowest BCUT2D eigenvalue weighted by Crippen LogP contribution is -2.18. The first kappa shape index (κ1) is 16.1. The number of anilines is 1. The molecule has 0 saturated carbocycles. The van der Waals surface area contributed by atoms with Crippen LogP contribution in [0.3, 0.4) is 0 Å². The number of rotatable bonds is 4. The van der Waals surface area contributed by atoms with Crippen LogP contribution in [0.4, 0.5) is 10.1 Å². The molecule has 0 radical (unpaired) electrons. The number of fused-ring (bicyclic) bond motifs is 1. The summed E-state index contributed by atoms with van der Waals surface area (Å²) in [6.07, 6.45) is 1.38. The third kappa shape index (κ3) is 3.44. The van der Waals surface area contributed by atoms with Crippen molar-refractivity contribution >= 4 is 34.1 Å². The molecule has 122 valence electrons. The molecule has 1 amide bonds. The number of nitrogens with zero attached hydrogens (tertiary/aromatic N) is 2. The van der Waals surface area contributed by atoms with Gasteiger partial charge in [-0.1, -0.05) is 23.7 Å². The van der Waals surface area contributed by atoms with Crippen LogP contribution in [0.15, 0.2) is 53.5 Å². The molecule has 1 aromatic heterocycles. The van der Waals surface area contributed by atoms with Crippen molar-refractivity contribution in [2.45, 2.75) is 13.0 Å². The average Bonchev–Trinajstić information content (AvgIpc) is 2.58. The predicted octanol–water partition coefficient (Wildman–Crippen LogP) is 3.22. The Labute approximate surface area is 141 Å². The van der Waals surface area contributed by atoms with E-state index in [0.29, 0.717) is 23.1 Å². The monoisotopic (exact) mass is 345 g/mol. The van der Waals surface area contributed by atoms with Crippen LogP contribution < -0.4 is 10.7 Å². The average molecular weight is 346 g/mol. The molecule has 1 heterocycles. The number of para-hydroxylation sites is 1. The van der Waals surface area contributed by atoms with Gasteiger partial charge in [-0.3, -0.25) is 14.3 Å². The summed E-state index contributed by atoms with van der Waals surface area (Å²) in [5, 5.41) is 7.21. The maximum Gasteiger partial charge on any atom is 0.226 e. The number of hydrogen-bond donors (Lipinski definition) is 1. The molecule has 1 N–H and O–H groups in total. The van der Waals surface area contributed by atoms with Gasteiger partial charge < -0.3 is 5.32 Å². The molecule has 24 heavy (non-hydrogen) atoms. The Bertz CT molecular complexity index is 971. The Hall–Kier alpha value is -2.73. The van der Waals surface area contributed by atoms with Gasteiger partial charge in [-0.15, -0.1) is 0 Å². The Kier molecular flexibility index (Phi) is 4.57. The summed E-state index contributed by atoms with van der Waals surface area (Å²) in [7, 11) is 0. The molecule has 0 saturated heterocycles. The van der Waals surface area contributed by atoms with Crippen LogP contribution >= 0.6 is 11.6 Å². The van der Waals surface area contributed by atoms with E-state index in [1.807, 2.05) is 0 Å². The second kappa shape index (κ2) is 6.80. The normalized spacial score (nSPS) is 10.8. The van der Waals surface area contributed by atoms with E-state index >= 15 is 0 Å². The van der Waals surface area contributed by atoms with Gasteiger partial charge in [0.2, 0.25) is 11.3 Å². The van der Waals surface area contributed by atoms with Gasteiger partial charge in [0.1, 0.15) is 5.82 Å². The molecule has 5 nitrogen and oxygen atoms in total. The maximum atomic E-state index is 13.1. The number of carbonyl (C=O) groups is 1. The predicted molar refractivity (Wildman–Crippen MR) is 90.7 cm³/mol. The number of aryl methyl sites for hydroxylation is 1. The van der Waals surface area contributed by atoms with Crippen molar-refractivity contribution in [1.82, 2.24) is 9.78 Å². The zero-order valence-corrected chi connectivity index (χ0v) is 13.3. The van der Waals surface area contributed by atoms with E-state index in [9.17, 15) is 14.0 Å². The first-order valence-electron chi connectivity index (χ1n) is 7.24. The van der Waals surface area contributed by atoms with Crippen molar-refractivity contribution in [3.63, 3.8) is 0 Å². The van der Waals surface area contributed by atoms with E-state index in [-0.39, 0.29) is 22.8 Å². The van der Waals surface area contributed by atoms with Gasteiger partial charge in [0.05, 0.1) is 23.3 Å². The highest BCUT2D eigenvalue weighted by Crippen LogP contribution is 2.19. The minimum atomic E-state index is -0.543. The van der Waals surface area contributed by atoms with E-state index in [2.05, 4.69) is 10.4 Å². The van der Waals surface area contributed by atoms with E-state index in [1.54, 1.807) is 28.9 Å². The summed E-state index contributed by atoms with van der Waals surface area (Å²) in [6, 6.07) is 11.1. The van der Waals surface area contributed by atoms with Crippen molar-refractivity contribution in [2.24, 2.45) is 0 Å². The van der Waals surface area contributed by atoms with Gasteiger partial charge in [0, 0.05) is 17.5 Å². The first-order chi connectivity index (χ1) is 11.5. The number of hydrogen-bond acceptors (Lipinski definition) is 3. The SMILES string of the molecule is O=C(CCn1ncc(=O)c2ccccc21)Nc1ccc(F)c(Cl)c1. The molecule has 0 spiro atoms. The van der Waals surface area contributed by atoms with Gasteiger partial charge in [-0.2, -0.15) is 5.10 Å². The van der Waals surface area contributed by atoms with Crippen molar-refractivity contribution < 1.29 is 9.18 Å². The summed E-state index contributed by atoms with van der Waals surface area (Å²) in [5.41, 5.74) is 0.930. The molecule has 7 heteroatoms. The molecule has 2 aromatic carbocycles. The number of aromatic nitrogens is 2. The van der Waals surface area contributed by atoms with Gasteiger partial charge in [-0.25, -0.2) is 4.39 Å². The van der Waals surface area contributed by atoms with Crippen LogP contribution in [0.2, 0.25) is 5.02 Å². The zero-order chi connectivity index (χ0) is 17.1. The van der Waals surface area contributed by atoms with E-state index in [4.69, 9.17) is 11.6 Å². The lowest BCUT2D eigenvalue weighted by molar-refractivity contribution is -0.116. The Balaban J connectivity index is 1.72. The second-order valence-electron chi connectivity index (χ2n) is 5.18. The smallest absolute Gasteiger partial charge is 0.226 e. The number of halogens is 2. The Morgan fingerprint density at radius 3 is 2.83 bits per heavy atom. The highest BCUT2D eigenvalue weighted by Gasteiger charge is 2.08. The van der Waals surface area contributed by atoms with Gasteiger partial charge in [-0.05, 0) is 30.3 Å². The van der Waals surface area contributed by atoms with Crippen LogP contribution in [0, 0.1) is 5.82 Å². The Morgan fingerprint density at radius 1 is 1.25 bits per heavy atom. The number of carbonyl (C=O) groups excluding carboxylic acids is 1. The maximum absolute atomic E-state index is 13.1. The molecular formula is C17H13ClFN3O2. The van der Waals surface area contributed by atoms with Crippen molar-refractivity contribution in [3.8, 4) is 0 Å². The minimum Gasteiger partial charge on any atom is -0.326 e. The van der Waals surface area contributed by atoms with Crippen LogP contribution in [-0.4, -0.2) is 15.7 Å². The molecule has 0 atom stereocenters. The topological polar surface area (TPSA) is 64.0 Å². The second-order valence-corrected chi connectivity index (χ2v) is 5.58. The van der Waals surface area contributed by atoms with Crippen molar-refractivity contribution in [2.75, 3.05) is 5.32 Å². The molecule has 0 fully saturated rings. The molecule has 0 unspecified atom stereocenters. The largest absolute Gasteiger partial charge is 0.326 e. The third-order valence-electron chi connectivity index (χ3n) is 3.52. The van der Waals surface area contributed by atoms with Crippen LogP contribution in [0.1, 0.15) is 6.42 Å². The van der Waals surface area contributed by atoms with E-state index in [1.165, 1.54) is 24.4 Å². The van der Waals surface area contributed by atoms with Crippen LogP contribution in [0.5, 0.6) is 0 Å². The van der Waals surface area contributed by atoms with E-state index in [0.717, 1.165) is 0 Å². The highest BCUT2D eigenvalue weighted by atomic mass is 35.5. The van der Waals surface area contributed by atoms with Crippen molar-refractivity contribution in [1.29, 1.82) is 0 Å². The fraction of sp³-hybridized carbons (Fsp3) is 0.118. The van der Waals surface area contributed by atoms with Crippen LogP contribution in [-0.2, 0) is 11.3 Å². The fourth-order valence-electron chi connectivity index (χ4n) is 2.34. The quantitative estimate of drug-likeness (QED) is 0.789. The summed E-state index contributed by atoms with van der Waals surface area (Å²) in [6.45, 7) is 0.307. The summed E-state index contributed by atoms with van der Waals surface area (Å²) in [5.74, 6) is -0.805. The number of nitrogens with one attached hydrogen (secondary N) is 1. The molecule has 3 rings (SSSR count). The summed E-state index contributed by atoms with van der Waals surface area (Å²) < 4.78 is 14.7. The summed E-state index contributed by atoms with van der Waals surface area (Å²) in [4.78, 5) is 23.8. The number of amides is 1. The highest BCUT2D eigenvalue weighted by molar-refractivity contribution is 6.31. The zero-order valence-electron chi connectivity index (χ0n) is 12.5. The fourth-order valence-corrected chi connectivity index (χ4v) is 2.52. The Morgan fingerprint density at radius 2 is 2.04 bits per heavy atom. The lowest BCUT2D eigenvalue weighted by Gasteiger charge is -2.10. The van der Waals surface area contributed by atoms with Gasteiger partial charge in [0.25, 0.3) is 0 Å². The minimum absolute atomic E-state index is 0.0547. The third-order valence-corrected chi connectivity index (χ3v) is 3.81. The van der Waals surface area contributed by atoms with Crippen LogP contribution in [0.25, 0.3) is 10.9 Å². The molecule has 0 aliphatic rings. The van der Waals surface area contributed by atoms with Gasteiger partial charge in [0.15, 0.2) is 0 Å². The molecule has 0 aliphatic carbocycles. The van der Waals surface area contributed by atoms with Gasteiger partial charge >= 0.3 is 0 Å². The summed E-state index contributed by atoms with van der Waals surface area (Å²) >= 11 is 5.68.